The van der Waals surface area contributed by atoms with Gasteiger partial charge in [-0.2, -0.15) is 0 Å². The first-order valence-corrected chi connectivity index (χ1v) is 6.74. The molecule has 0 spiro atoms. The van der Waals surface area contributed by atoms with E-state index >= 15 is 0 Å². The van der Waals surface area contributed by atoms with Crippen molar-refractivity contribution in [1.82, 2.24) is 24.6 Å². The Morgan fingerprint density at radius 1 is 1.37 bits per heavy atom. The monoisotopic (exact) mass is 265 g/mol. The molecule has 2 aliphatic rings. The van der Waals surface area contributed by atoms with Crippen molar-refractivity contribution in [3.05, 3.63) is 16.3 Å². The van der Waals surface area contributed by atoms with Crippen LogP contribution < -0.4 is 5.69 Å². The van der Waals surface area contributed by atoms with Crippen LogP contribution in [-0.2, 0) is 7.05 Å². The van der Waals surface area contributed by atoms with Crippen molar-refractivity contribution < 1.29 is 4.79 Å². The second kappa shape index (κ2) is 4.48. The summed E-state index contributed by atoms with van der Waals surface area (Å²) in [7, 11) is 1.53. The molecule has 7 nitrogen and oxygen atoms in total. The number of hydrogen-bond donors (Lipinski definition) is 1. The van der Waals surface area contributed by atoms with Gasteiger partial charge in [0.25, 0.3) is 5.91 Å². The van der Waals surface area contributed by atoms with Gasteiger partial charge in [-0.3, -0.25) is 14.7 Å². The number of nitrogens with one attached hydrogen (secondary N) is 1. The van der Waals surface area contributed by atoms with Crippen LogP contribution in [0, 0.1) is 0 Å². The molecule has 104 valence electrons. The zero-order valence-corrected chi connectivity index (χ0v) is 11.3. The molecule has 0 aromatic carbocycles. The molecule has 0 bridgehead atoms. The quantitative estimate of drug-likeness (QED) is 0.776. The van der Waals surface area contributed by atoms with E-state index in [-0.39, 0.29) is 23.5 Å². The third-order valence-corrected chi connectivity index (χ3v) is 3.95. The predicted octanol–water partition coefficient (Wildman–Crippen LogP) is -0.583. The van der Waals surface area contributed by atoms with Crippen LogP contribution in [0.5, 0.6) is 0 Å². The maximum atomic E-state index is 12.3. The van der Waals surface area contributed by atoms with Gasteiger partial charge < -0.3 is 4.90 Å². The number of rotatable bonds is 2. The highest BCUT2D eigenvalue weighted by Gasteiger charge is 2.36. The first kappa shape index (κ1) is 12.4. The van der Waals surface area contributed by atoms with Crippen LogP contribution >= 0.6 is 0 Å². The van der Waals surface area contributed by atoms with E-state index < -0.39 is 0 Å². The SMILES string of the molecule is CC1CN(C2CC2)CCN1C(=O)c1nn(C)c(=O)[nH]1. The Morgan fingerprint density at radius 2 is 2.11 bits per heavy atom. The molecule has 1 aromatic heterocycles. The lowest BCUT2D eigenvalue weighted by atomic mass is 10.2. The lowest BCUT2D eigenvalue weighted by Crippen LogP contribution is -2.54. The van der Waals surface area contributed by atoms with E-state index in [1.54, 1.807) is 4.90 Å². The van der Waals surface area contributed by atoms with Crippen LogP contribution in [0.3, 0.4) is 0 Å². The van der Waals surface area contributed by atoms with E-state index in [2.05, 4.69) is 15.0 Å². The van der Waals surface area contributed by atoms with E-state index in [1.165, 1.54) is 19.9 Å². The summed E-state index contributed by atoms with van der Waals surface area (Å²) in [6.07, 6.45) is 2.57. The number of aromatic nitrogens is 3. The Kier molecular flexibility index (Phi) is 2.93. The van der Waals surface area contributed by atoms with Gasteiger partial charge in [-0.25, -0.2) is 9.48 Å². The number of piperazine rings is 1. The van der Waals surface area contributed by atoms with Crippen LogP contribution in [0.4, 0.5) is 0 Å². The van der Waals surface area contributed by atoms with Crippen molar-refractivity contribution in [2.75, 3.05) is 19.6 Å². The number of carbonyl (C=O) groups is 1. The molecule has 1 unspecified atom stereocenters. The molecule has 1 aromatic rings. The number of aromatic amines is 1. The number of hydrogen-bond acceptors (Lipinski definition) is 4. The van der Waals surface area contributed by atoms with Gasteiger partial charge >= 0.3 is 5.69 Å². The average molecular weight is 265 g/mol. The Labute approximate surface area is 111 Å². The van der Waals surface area contributed by atoms with Gasteiger partial charge in [0.2, 0.25) is 5.82 Å². The maximum Gasteiger partial charge on any atom is 0.343 e. The third kappa shape index (κ3) is 2.30. The summed E-state index contributed by atoms with van der Waals surface area (Å²) in [4.78, 5) is 30.4. The number of amides is 1. The summed E-state index contributed by atoms with van der Waals surface area (Å²) < 4.78 is 1.15. The zero-order valence-electron chi connectivity index (χ0n) is 11.3. The van der Waals surface area contributed by atoms with Gasteiger partial charge in [-0.05, 0) is 19.8 Å². The lowest BCUT2D eigenvalue weighted by Gasteiger charge is -2.39. The van der Waals surface area contributed by atoms with E-state index in [1.807, 2.05) is 6.92 Å². The zero-order chi connectivity index (χ0) is 13.6. The topological polar surface area (TPSA) is 74.2 Å². The van der Waals surface area contributed by atoms with E-state index in [4.69, 9.17) is 0 Å². The predicted molar refractivity (Wildman–Crippen MR) is 68.9 cm³/mol. The molecule has 3 rings (SSSR count). The molecule has 1 atom stereocenters. The van der Waals surface area contributed by atoms with Crippen LogP contribution in [0.1, 0.15) is 30.4 Å². The second-order valence-corrected chi connectivity index (χ2v) is 5.48. The van der Waals surface area contributed by atoms with Gasteiger partial charge in [0.15, 0.2) is 0 Å². The fraction of sp³-hybridized carbons (Fsp3) is 0.750. The van der Waals surface area contributed by atoms with E-state index in [0.717, 1.165) is 23.8 Å². The molecular weight excluding hydrogens is 246 g/mol. The number of H-pyrrole nitrogens is 1. The maximum absolute atomic E-state index is 12.3. The highest BCUT2D eigenvalue weighted by Crippen LogP contribution is 2.28. The van der Waals surface area contributed by atoms with Gasteiger partial charge in [0, 0.05) is 38.8 Å². The molecule has 1 saturated carbocycles. The van der Waals surface area contributed by atoms with Crippen molar-refractivity contribution in [2.45, 2.75) is 31.8 Å². The van der Waals surface area contributed by atoms with Crippen LogP contribution in [0.15, 0.2) is 4.79 Å². The second-order valence-electron chi connectivity index (χ2n) is 5.48. The van der Waals surface area contributed by atoms with Gasteiger partial charge in [-0.1, -0.05) is 0 Å². The van der Waals surface area contributed by atoms with Crippen molar-refractivity contribution in [1.29, 1.82) is 0 Å². The summed E-state index contributed by atoms with van der Waals surface area (Å²) in [5.74, 6) is -0.0418. The normalized spacial score (nSPS) is 24.7. The van der Waals surface area contributed by atoms with Gasteiger partial charge in [0.1, 0.15) is 0 Å². The summed E-state index contributed by atoms with van der Waals surface area (Å²) in [5, 5.41) is 3.93. The summed E-state index contributed by atoms with van der Waals surface area (Å²) in [6.45, 7) is 4.58. The highest BCUT2D eigenvalue weighted by molar-refractivity contribution is 5.90. The van der Waals surface area contributed by atoms with Crippen LogP contribution in [-0.4, -0.2) is 62.2 Å². The van der Waals surface area contributed by atoms with E-state index in [9.17, 15) is 9.59 Å². The molecule has 2 heterocycles. The van der Waals surface area contributed by atoms with Crippen LogP contribution in [0.2, 0.25) is 0 Å². The molecule has 19 heavy (non-hydrogen) atoms. The molecule has 7 heteroatoms. The smallest absolute Gasteiger partial charge is 0.331 e. The number of carbonyl (C=O) groups excluding carboxylic acids is 1. The Morgan fingerprint density at radius 3 is 2.63 bits per heavy atom. The first-order valence-electron chi connectivity index (χ1n) is 6.74. The third-order valence-electron chi connectivity index (χ3n) is 3.95. The van der Waals surface area contributed by atoms with Crippen molar-refractivity contribution in [3.8, 4) is 0 Å². The molecular formula is C12H19N5O2. The fourth-order valence-electron chi connectivity index (χ4n) is 2.69. The molecule has 1 saturated heterocycles. The lowest BCUT2D eigenvalue weighted by molar-refractivity contribution is 0.0462. The Bertz CT molecular complexity index is 545. The van der Waals surface area contributed by atoms with Crippen molar-refractivity contribution in [3.63, 3.8) is 0 Å². The number of aryl methyl sites for hydroxylation is 1. The Balaban J connectivity index is 1.71. The first-order chi connectivity index (χ1) is 9.06. The molecule has 1 amide bonds. The standard InChI is InChI=1S/C12H19N5O2/c1-8-7-16(9-3-4-9)5-6-17(8)11(18)10-13-12(19)15(2)14-10/h8-9H,3-7H2,1-2H3,(H,13,14,19). The van der Waals surface area contributed by atoms with Crippen molar-refractivity contribution >= 4 is 5.91 Å². The minimum atomic E-state index is -0.354. The largest absolute Gasteiger partial charge is 0.343 e. The summed E-state index contributed by atoms with van der Waals surface area (Å²) in [6, 6.07) is 0.890. The molecule has 1 aliphatic heterocycles. The molecule has 1 N–H and O–H groups in total. The van der Waals surface area contributed by atoms with Crippen molar-refractivity contribution in [2.24, 2.45) is 7.05 Å². The fourth-order valence-corrected chi connectivity index (χ4v) is 2.69. The Hall–Kier alpha value is -1.63. The summed E-state index contributed by atoms with van der Waals surface area (Å²) >= 11 is 0. The molecule has 0 radical (unpaired) electrons. The van der Waals surface area contributed by atoms with Crippen LogP contribution in [0.25, 0.3) is 0 Å². The minimum Gasteiger partial charge on any atom is -0.331 e. The molecule has 2 fully saturated rings. The summed E-state index contributed by atoms with van der Waals surface area (Å²) in [5.41, 5.74) is -0.354. The van der Waals surface area contributed by atoms with Gasteiger partial charge in [0.05, 0.1) is 0 Å². The molecule has 1 aliphatic carbocycles. The van der Waals surface area contributed by atoms with E-state index in [0.29, 0.717) is 6.54 Å². The highest BCUT2D eigenvalue weighted by atomic mass is 16.2. The average Bonchev–Trinajstić information content (AvgIpc) is 3.16. The van der Waals surface area contributed by atoms with Gasteiger partial charge in [-0.15, -0.1) is 5.10 Å². The number of nitrogens with zero attached hydrogens (tertiary/aromatic N) is 4. The minimum absolute atomic E-state index is 0.138.